The van der Waals surface area contributed by atoms with Gasteiger partial charge in [0.05, 0.1) is 6.61 Å². The van der Waals surface area contributed by atoms with Gasteiger partial charge in [0.1, 0.15) is 5.82 Å². The summed E-state index contributed by atoms with van der Waals surface area (Å²) in [5, 5.41) is 3.42. The monoisotopic (exact) mass is 207 g/mol. The maximum absolute atomic E-state index is 5.61. The third-order valence-electron chi connectivity index (χ3n) is 2.85. The molecular weight excluding hydrogens is 190 g/mol. The molecule has 0 spiro atoms. The van der Waals surface area contributed by atoms with Gasteiger partial charge in [0.25, 0.3) is 0 Å². The summed E-state index contributed by atoms with van der Waals surface area (Å²) in [5.74, 6) is 1.15. The number of pyridine rings is 1. The average Bonchev–Trinajstić information content (AvgIpc) is 2.70. The molecule has 0 radical (unpaired) electrons. The summed E-state index contributed by atoms with van der Waals surface area (Å²) >= 11 is 0. The van der Waals surface area contributed by atoms with E-state index in [0.717, 1.165) is 25.3 Å². The second-order valence-electron chi connectivity index (χ2n) is 4.03. The summed E-state index contributed by atoms with van der Waals surface area (Å²) in [4.78, 5) is 3.96. The minimum atomic E-state index is 0.411. The van der Waals surface area contributed by atoms with E-state index in [1.165, 1.54) is 0 Å². The van der Waals surface area contributed by atoms with Crippen molar-refractivity contribution in [2.24, 2.45) is 5.92 Å². The van der Waals surface area contributed by atoms with Crippen LogP contribution in [0.4, 0.5) is 11.5 Å². The van der Waals surface area contributed by atoms with Crippen LogP contribution in [0.1, 0.15) is 13.3 Å². The van der Waals surface area contributed by atoms with Gasteiger partial charge in [0, 0.05) is 36.5 Å². The zero-order valence-electron chi connectivity index (χ0n) is 8.94. The molecular formula is C11H17N3O. The number of aromatic nitrogens is 1. The average molecular weight is 207 g/mol. The van der Waals surface area contributed by atoms with E-state index in [1.54, 1.807) is 6.20 Å². The fraction of sp³-hybridized carbons (Fsp3) is 0.545. The fourth-order valence-corrected chi connectivity index (χ4v) is 1.87. The Morgan fingerprint density at radius 1 is 1.67 bits per heavy atom. The van der Waals surface area contributed by atoms with Crippen molar-refractivity contribution in [1.29, 1.82) is 0 Å². The third kappa shape index (κ3) is 2.59. The molecule has 0 aliphatic carbocycles. The molecule has 2 rings (SSSR count). The molecule has 4 heteroatoms. The van der Waals surface area contributed by atoms with Crippen LogP contribution in [0.2, 0.25) is 0 Å². The largest absolute Gasteiger partial charge is 0.384 e. The molecule has 3 N–H and O–H groups in total. The second-order valence-corrected chi connectivity index (χ2v) is 4.03. The Hall–Kier alpha value is -1.29. The fourth-order valence-electron chi connectivity index (χ4n) is 1.87. The van der Waals surface area contributed by atoms with E-state index in [4.69, 9.17) is 10.5 Å². The van der Waals surface area contributed by atoms with Gasteiger partial charge >= 0.3 is 0 Å². The number of ether oxygens (including phenoxy) is 1. The first-order valence-corrected chi connectivity index (χ1v) is 5.31. The summed E-state index contributed by atoms with van der Waals surface area (Å²) in [5.41, 5.74) is 6.64. The first-order valence-electron chi connectivity index (χ1n) is 5.31. The topological polar surface area (TPSA) is 60.2 Å². The normalized spacial score (nSPS) is 22.6. The highest BCUT2D eigenvalue weighted by Crippen LogP contribution is 2.20. The highest BCUT2D eigenvalue weighted by Gasteiger charge is 2.21. The van der Waals surface area contributed by atoms with Crippen LogP contribution in [0.15, 0.2) is 18.3 Å². The number of hydrogen-bond acceptors (Lipinski definition) is 4. The Bertz CT molecular complexity index is 323. The molecule has 0 aromatic carbocycles. The van der Waals surface area contributed by atoms with Crippen LogP contribution in [-0.4, -0.2) is 24.2 Å². The van der Waals surface area contributed by atoms with E-state index < -0.39 is 0 Å². The Balaban J connectivity index is 1.95. The standard InChI is InChI=1S/C11H17N3O/c1-8(9-3-5-15-7-9)14-10-2-4-13-11(12)6-10/h2,4,6,8-9H,3,5,7H2,1H3,(H3,12,13,14). The van der Waals surface area contributed by atoms with E-state index in [2.05, 4.69) is 17.2 Å². The van der Waals surface area contributed by atoms with Crippen LogP contribution in [0.3, 0.4) is 0 Å². The molecule has 2 heterocycles. The molecule has 0 amide bonds. The Morgan fingerprint density at radius 2 is 2.53 bits per heavy atom. The Morgan fingerprint density at radius 3 is 3.20 bits per heavy atom. The zero-order valence-corrected chi connectivity index (χ0v) is 8.94. The lowest BCUT2D eigenvalue weighted by Gasteiger charge is -2.20. The van der Waals surface area contributed by atoms with Gasteiger partial charge in [-0.25, -0.2) is 4.98 Å². The van der Waals surface area contributed by atoms with E-state index in [0.29, 0.717) is 17.8 Å². The Labute approximate surface area is 89.8 Å². The predicted molar refractivity (Wildman–Crippen MR) is 60.7 cm³/mol. The van der Waals surface area contributed by atoms with Crippen molar-refractivity contribution in [2.75, 3.05) is 24.3 Å². The molecule has 2 atom stereocenters. The van der Waals surface area contributed by atoms with Crippen molar-refractivity contribution in [2.45, 2.75) is 19.4 Å². The summed E-state index contributed by atoms with van der Waals surface area (Å²) < 4.78 is 5.36. The van der Waals surface area contributed by atoms with Crippen LogP contribution in [0.5, 0.6) is 0 Å². The van der Waals surface area contributed by atoms with Crippen LogP contribution in [-0.2, 0) is 4.74 Å². The van der Waals surface area contributed by atoms with Crippen LogP contribution >= 0.6 is 0 Å². The number of hydrogen-bond donors (Lipinski definition) is 2. The van der Waals surface area contributed by atoms with E-state index in [1.807, 2.05) is 12.1 Å². The maximum Gasteiger partial charge on any atom is 0.125 e. The predicted octanol–water partition coefficient (Wildman–Crippen LogP) is 1.50. The first-order chi connectivity index (χ1) is 7.25. The van der Waals surface area contributed by atoms with Gasteiger partial charge in [-0.05, 0) is 19.4 Å². The van der Waals surface area contributed by atoms with E-state index in [9.17, 15) is 0 Å². The van der Waals surface area contributed by atoms with Crippen molar-refractivity contribution >= 4 is 11.5 Å². The number of nitrogens with one attached hydrogen (secondary N) is 1. The van der Waals surface area contributed by atoms with Gasteiger partial charge in [0.15, 0.2) is 0 Å². The number of nitrogens with two attached hydrogens (primary N) is 1. The highest BCUT2D eigenvalue weighted by atomic mass is 16.5. The number of nitrogens with zero attached hydrogens (tertiary/aromatic N) is 1. The van der Waals surface area contributed by atoms with Crippen LogP contribution in [0, 0.1) is 5.92 Å². The van der Waals surface area contributed by atoms with Crippen molar-refractivity contribution in [3.63, 3.8) is 0 Å². The van der Waals surface area contributed by atoms with Gasteiger partial charge in [0.2, 0.25) is 0 Å². The molecule has 0 saturated carbocycles. The van der Waals surface area contributed by atoms with Gasteiger partial charge in [-0.15, -0.1) is 0 Å². The van der Waals surface area contributed by atoms with Crippen LogP contribution in [0.25, 0.3) is 0 Å². The molecule has 0 bridgehead atoms. The number of anilines is 2. The summed E-state index contributed by atoms with van der Waals surface area (Å²) in [6.45, 7) is 3.92. The molecule has 1 saturated heterocycles. The maximum atomic E-state index is 5.61. The van der Waals surface area contributed by atoms with Crippen molar-refractivity contribution in [3.05, 3.63) is 18.3 Å². The Kier molecular flexibility index (Phi) is 3.06. The smallest absolute Gasteiger partial charge is 0.125 e. The zero-order chi connectivity index (χ0) is 10.7. The molecule has 82 valence electrons. The summed E-state index contributed by atoms with van der Waals surface area (Å²) in [7, 11) is 0. The van der Waals surface area contributed by atoms with E-state index >= 15 is 0 Å². The van der Waals surface area contributed by atoms with Gasteiger partial charge < -0.3 is 15.8 Å². The molecule has 15 heavy (non-hydrogen) atoms. The lowest BCUT2D eigenvalue weighted by atomic mass is 10.0. The lowest BCUT2D eigenvalue weighted by molar-refractivity contribution is 0.183. The summed E-state index contributed by atoms with van der Waals surface area (Å²) in [6.07, 6.45) is 2.85. The second kappa shape index (κ2) is 4.49. The number of rotatable bonds is 3. The van der Waals surface area contributed by atoms with Crippen LogP contribution < -0.4 is 11.1 Å². The minimum Gasteiger partial charge on any atom is -0.384 e. The molecule has 1 aliphatic rings. The SMILES string of the molecule is CC(Nc1ccnc(N)c1)C1CCOC1. The van der Waals surface area contributed by atoms with Gasteiger partial charge in [-0.3, -0.25) is 0 Å². The highest BCUT2D eigenvalue weighted by molar-refractivity contribution is 5.50. The summed E-state index contributed by atoms with van der Waals surface area (Å²) in [6, 6.07) is 4.20. The quantitative estimate of drug-likeness (QED) is 0.788. The van der Waals surface area contributed by atoms with Crippen molar-refractivity contribution in [3.8, 4) is 0 Å². The molecule has 1 aliphatic heterocycles. The lowest BCUT2D eigenvalue weighted by Crippen LogP contribution is -2.26. The molecule has 4 nitrogen and oxygen atoms in total. The molecule has 1 aromatic heterocycles. The van der Waals surface area contributed by atoms with E-state index in [-0.39, 0.29) is 0 Å². The third-order valence-corrected chi connectivity index (χ3v) is 2.85. The molecule has 1 aromatic rings. The van der Waals surface area contributed by atoms with Gasteiger partial charge in [-0.2, -0.15) is 0 Å². The minimum absolute atomic E-state index is 0.411. The van der Waals surface area contributed by atoms with Crippen molar-refractivity contribution < 1.29 is 4.74 Å². The number of nitrogen functional groups attached to an aromatic ring is 1. The molecule has 2 unspecified atom stereocenters. The van der Waals surface area contributed by atoms with Crippen molar-refractivity contribution in [1.82, 2.24) is 4.98 Å². The first kappa shape index (κ1) is 10.2. The van der Waals surface area contributed by atoms with Gasteiger partial charge in [-0.1, -0.05) is 0 Å². The molecule has 1 fully saturated rings.